The van der Waals surface area contributed by atoms with Crippen LogP contribution in [-0.4, -0.2) is 23.2 Å². The van der Waals surface area contributed by atoms with Crippen LogP contribution in [0.25, 0.3) is 0 Å². The summed E-state index contributed by atoms with van der Waals surface area (Å²) in [5.74, 6) is 0. The van der Waals surface area contributed by atoms with Crippen LogP contribution >= 0.6 is 11.3 Å². The highest BCUT2D eigenvalue weighted by Crippen LogP contribution is 2.24. The van der Waals surface area contributed by atoms with Crippen molar-refractivity contribution < 1.29 is 5.11 Å². The van der Waals surface area contributed by atoms with Crippen LogP contribution in [0, 0.1) is 13.8 Å². The van der Waals surface area contributed by atoms with Crippen molar-refractivity contribution in [3.8, 4) is 0 Å². The van der Waals surface area contributed by atoms with Crippen LogP contribution in [-0.2, 0) is 0 Å². The maximum atomic E-state index is 8.66. The molecule has 0 radical (unpaired) electrons. The summed E-state index contributed by atoms with van der Waals surface area (Å²) in [6.07, 6.45) is 1.90. The van der Waals surface area contributed by atoms with E-state index in [0.29, 0.717) is 6.04 Å². The molecule has 15 heavy (non-hydrogen) atoms. The van der Waals surface area contributed by atoms with Crippen LogP contribution in [0.3, 0.4) is 0 Å². The van der Waals surface area contributed by atoms with Crippen LogP contribution in [0.2, 0.25) is 0 Å². The second-order valence-electron chi connectivity index (χ2n) is 3.79. The van der Waals surface area contributed by atoms with Crippen molar-refractivity contribution in [3.05, 3.63) is 15.6 Å². The van der Waals surface area contributed by atoms with E-state index in [1.54, 1.807) is 11.3 Å². The van der Waals surface area contributed by atoms with Gasteiger partial charge >= 0.3 is 0 Å². The van der Waals surface area contributed by atoms with Gasteiger partial charge in [0, 0.05) is 17.5 Å². The minimum absolute atomic E-state index is 0.286. The largest absolute Gasteiger partial charge is 0.396 e. The molecule has 1 heterocycles. The summed E-state index contributed by atoms with van der Waals surface area (Å²) in [6.45, 7) is 7.51. The van der Waals surface area contributed by atoms with E-state index in [1.807, 2.05) is 6.92 Å². The molecule has 4 heteroatoms. The van der Waals surface area contributed by atoms with E-state index in [9.17, 15) is 0 Å². The quantitative estimate of drug-likeness (QED) is 0.734. The third-order valence-electron chi connectivity index (χ3n) is 2.37. The molecule has 86 valence electrons. The zero-order valence-corrected chi connectivity index (χ0v) is 10.5. The Morgan fingerprint density at radius 3 is 2.67 bits per heavy atom. The van der Waals surface area contributed by atoms with Gasteiger partial charge in [0.25, 0.3) is 0 Å². The fourth-order valence-electron chi connectivity index (χ4n) is 1.60. The molecule has 0 aliphatic heterocycles. The molecule has 0 aliphatic carbocycles. The summed E-state index contributed by atoms with van der Waals surface area (Å²) in [4.78, 5) is 5.75. The lowest BCUT2D eigenvalue weighted by molar-refractivity contribution is 0.283. The Bertz CT molecular complexity index is 299. The van der Waals surface area contributed by atoms with Crippen molar-refractivity contribution in [1.29, 1.82) is 0 Å². The molecule has 1 aromatic heterocycles. The van der Waals surface area contributed by atoms with Crippen LogP contribution in [0.5, 0.6) is 0 Å². The molecule has 0 aromatic carbocycles. The minimum Gasteiger partial charge on any atom is -0.396 e. The lowest BCUT2D eigenvalue weighted by Crippen LogP contribution is -2.19. The number of hydrogen-bond acceptors (Lipinski definition) is 4. The fraction of sp³-hybridized carbons (Fsp3) is 0.727. The van der Waals surface area contributed by atoms with Crippen LogP contribution in [0.4, 0.5) is 0 Å². The maximum Gasteiger partial charge on any atom is 0.0900 e. The van der Waals surface area contributed by atoms with Crippen molar-refractivity contribution in [2.24, 2.45) is 0 Å². The monoisotopic (exact) mass is 228 g/mol. The number of unbranched alkanes of at least 4 members (excludes halogenated alkanes) is 1. The van der Waals surface area contributed by atoms with Crippen molar-refractivity contribution >= 4 is 11.3 Å². The van der Waals surface area contributed by atoms with Crippen LogP contribution in [0.15, 0.2) is 0 Å². The molecular weight excluding hydrogens is 208 g/mol. The SMILES string of the molecule is Cc1nc(C)c(C(C)NCCCCO)s1. The number of rotatable bonds is 6. The molecule has 3 nitrogen and oxygen atoms in total. The van der Waals surface area contributed by atoms with E-state index in [0.717, 1.165) is 30.1 Å². The standard InChI is InChI=1S/C11H20N2OS/c1-8(12-6-4-5-7-14)11-9(2)13-10(3)15-11/h8,12,14H,4-7H2,1-3H3. The lowest BCUT2D eigenvalue weighted by Gasteiger charge is -2.12. The molecule has 0 saturated carbocycles. The second-order valence-corrected chi connectivity index (χ2v) is 5.02. The smallest absolute Gasteiger partial charge is 0.0900 e. The fourth-order valence-corrected chi connectivity index (χ4v) is 2.55. The number of nitrogens with zero attached hydrogens (tertiary/aromatic N) is 1. The van der Waals surface area contributed by atoms with Gasteiger partial charge in [-0.2, -0.15) is 0 Å². The summed E-state index contributed by atoms with van der Waals surface area (Å²) in [7, 11) is 0. The van der Waals surface area contributed by atoms with Gasteiger partial charge in [-0.3, -0.25) is 0 Å². The molecular formula is C11H20N2OS. The summed E-state index contributed by atoms with van der Waals surface area (Å²) in [6, 6.07) is 0.370. The Kier molecular flexibility index (Phi) is 5.22. The highest BCUT2D eigenvalue weighted by molar-refractivity contribution is 7.11. The number of aromatic nitrogens is 1. The topological polar surface area (TPSA) is 45.2 Å². The number of aliphatic hydroxyl groups is 1. The molecule has 0 amide bonds. The summed E-state index contributed by atoms with van der Waals surface area (Å²) in [5, 5.41) is 13.2. The van der Waals surface area contributed by atoms with Gasteiger partial charge in [0.2, 0.25) is 0 Å². The summed E-state index contributed by atoms with van der Waals surface area (Å²) >= 11 is 1.76. The summed E-state index contributed by atoms with van der Waals surface area (Å²) < 4.78 is 0. The zero-order chi connectivity index (χ0) is 11.3. The Balaban J connectivity index is 2.39. The van der Waals surface area contributed by atoms with E-state index >= 15 is 0 Å². The lowest BCUT2D eigenvalue weighted by atomic mass is 10.2. The average molecular weight is 228 g/mol. The first kappa shape index (κ1) is 12.6. The van der Waals surface area contributed by atoms with Gasteiger partial charge in [-0.05, 0) is 40.2 Å². The number of nitrogens with one attached hydrogen (secondary N) is 1. The van der Waals surface area contributed by atoms with Gasteiger partial charge in [0.05, 0.1) is 10.7 Å². The first-order valence-corrected chi connectivity index (χ1v) is 6.25. The number of hydrogen-bond donors (Lipinski definition) is 2. The average Bonchev–Trinajstić information content (AvgIpc) is 2.52. The van der Waals surface area contributed by atoms with Crippen molar-refractivity contribution in [2.45, 2.75) is 39.7 Å². The maximum absolute atomic E-state index is 8.66. The molecule has 0 saturated heterocycles. The first-order valence-electron chi connectivity index (χ1n) is 5.43. The van der Waals surface area contributed by atoms with Gasteiger partial charge in [-0.25, -0.2) is 4.98 Å². The van der Waals surface area contributed by atoms with Gasteiger partial charge in [0.1, 0.15) is 0 Å². The Hall–Kier alpha value is -0.450. The normalized spacial score (nSPS) is 13.1. The molecule has 1 unspecified atom stereocenters. The Labute approximate surface area is 95.6 Å². The molecule has 0 fully saturated rings. The predicted molar refractivity (Wildman–Crippen MR) is 64.3 cm³/mol. The number of thiazole rings is 1. The summed E-state index contributed by atoms with van der Waals surface area (Å²) in [5.41, 5.74) is 1.14. The van der Waals surface area contributed by atoms with E-state index in [-0.39, 0.29) is 6.61 Å². The second kappa shape index (κ2) is 6.20. The van der Waals surface area contributed by atoms with Gasteiger partial charge in [-0.15, -0.1) is 11.3 Å². The van der Waals surface area contributed by atoms with Crippen molar-refractivity contribution in [3.63, 3.8) is 0 Å². The van der Waals surface area contributed by atoms with Gasteiger partial charge in [-0.1, -0.05) is 0 Å². The third-order valence-corrected chi connectivity index (χ3v) is 3.62. The predicted octanol–water partition coefficient (Wildman–Crippen LogP) is 2.18. The van der Waals surface area contributed by atoms with E-state index in [2.05, 4.69) is 24.1 Å². The molecule has 0 aliphatic rings. The first-order chi connectivity index (χ1) is 7.15. The third kappa shape index (κ3) is 3.89. The Morgan fingerprint density at radius 1 is 1.40 bits per heavy atom. The van der Waals surface area contributed by atoms with Gasteiger partial charge in [0.15, 0.2) is 0 Å². The molecule has 1 rings (SSSR count). The van der Waals surface area contributed by atoms with Crippen LogP contribution in [0.1, 0.15) is 41.4 Å². The van der Waals surface area contributed by atoms with Crippen LogP contribution < -0.4 is 5.32 Å². The van der Waals surface area contributed by atoms with E-state index < -0.39 is 0 Å². The zero-order valence-electron chi connectivity index (χ0n) is 9.71. The highest BCUT2D eigenvalue weighted by Gasteiger charge is 2.11. The Morgan fingerprint density at radius 2 is 2.13 bits per heavy atom. The number of aryl methyl sites for hydroxylation is 2. The van der Waals surface area contributed by atoms with E-state index in [1.165, 1.54) is 4.88 Å². The van der Waals surface area contributed by atoms with E-state index in [4.69, 9.17) is 5.11 Å². The molecule has 1 aromatic rings. The number of aliphatic hydroxyl groups excluding tert-OH is 1. The minimum atomic E-state index is 0.286. The highest BCUT2D eigenvalue weighted by atomic mass is 32.1. The molecule has 1 atom stereocenters. The molecule has 0 bridgehead atoms. The molecule has 2 N–H and O–H groups in total. The van der Waals surface area contributed by atoms with Crippen molar-refractivity contribution in [1.82, 2.24) is 10.3 Å². The molecule has 0 spiro atoms. The van der Waals surface area contributed by atoms with Gasteiger partial charge < -0.3 is 10.4 Å². The van der Waals surface area contributed by atoms with Crippen molar-refractivity contribution in [2.75, 3.05) is 13.2 Å².